The number of amides is 2. The number of benzene rings is 2. The van der Waals surface area contributed by atoms with E-state index in [0.717, 1.165) is 22.7 Å². The second kappa shape index (κ2) is 12.7. The van der Waals surface area contributed by atoms with Crippen molar-refractivity contribution in [3.8, 4) is 17.2 Å². The molecule has 0 bridgehead atoms. The predicted octanol–water partition coefficient (Wildman–Crippen LogP) is 5.91. The van der Waals surface area contributed by atoms with Crippen LogP contribution in [-0.2, 0) is 39.1 Å². The summed E-state index contributed by atoms with van der Waals surface area (Å²) in [5.74, 6) is -1.57. The van der Waals surface area contributed by atoms with Gasteiger partial charge in [0.15, 0.2) is 0 Å². The zero-order valence-corrected chi connectivity index (χ0v) is 29.4. The molecule has 5 aromatic rings. The van der Waals surface area contributed by atoms with E-state index >= 15 is 4.39 Å². The van der Waals surface area contributed by atoms with Crippen LogP contribution in [0.3, 0.4) is 0 Å². The summed E-state index contributed by atoms with van der Waals surface area (Å²) in [5, 5.41) is 24.2. The molecule has 1 aliphatic rings. The van der Waals surface area contributed by atoms with Crippen LogP contribution in [0.1, 0.15) is 59.2 Å². The Morgan fingerprint density at radius 3 is 2.55 bits per heavy atom. The minimum atomic E-state index is -3.96. The average Bonchev–Trinajstić information content (AvgIpc) is 3.79. The number of carbonyl (C=O) groups excluding carboxylic acids is 2. The van der Waals surface area contributed by atoms with Gasteiger partial charge in [0.2, 0.25) is 20.0 Å². The highest BCUT2D eigenvalue weighted by molar-refractivity contribution is 7.91. The Bertz CT molecular complexity index is 2370. The molecule has 0 aliphatic carbocycles. The maximum atomic E-state index is 15.4. The third kappa shape index (κ3) is 6.35. The number of primary amides is 1. The van der Waals surface area contributed by atoms with Crippen molar-refractivity contribution in [2.75, 3.05) is 16.4 Å². The first kappa shape index (κ1) is 34.3. The van der Waals surface area contributed by atoms with Gasteiger partial charge in [-0.25, -0.2) is 27.6 Å². The van der Waals surface area contributed by atoms with E-state index in [-0.39, 0.29) is 67.5 Å². The van der Waals surface area contributed by atoms with Crippen LogP contribution in [0, 0.1) is 17.1 Å². The van der Waals surface area contributed by atoms with Gasteiger partial charge in [-0.2, -0.15) is 5.26 Å². The summed E-state index contributed by atoms with van der Waals surface area (Å²) in [6.45, 7) is 6.65. The molecule has 0 spiro atoms. The molecule has 6 rings (SSSR count). The SMILES string of the molecule is CCS(=O)(=O)c1nc(NCc2nnc(C(N)=O)s2)c2c3c(c(-c4ccc(F)c5sc(NC(=O)OC(C)(C)C)c(C#N)c45)c(Cl)c2n1)COC3. The molecule has 0 radical (unpaired) electrons. The molecule has 0 unspecified atom stereocenters. The Labute approximate surface area is 291 Å². The monoisotopic (exact) mass is 744 g/mol. The lowest BCUT2D eigenvalue weighted by Crippen LogP contribution is -2.27. The fourth-order valence-electron chi connectivity index (χ4n) is 5.24. The van der Waals surface area contributed by atoms with Gasteiger partial charge >= 0.3 is 6.09 Å². The standard InChI is InChI=1S/C30H26ClFN8O6S3/c1-5-49(43,44)28-36-22-20(25(37-28)35-9-17-39-40-27(47-17)24(34)41)15-11-45-10-14(15)18(21(22)31)12-6-7-16(32)23-19(12)13(8-33)26(48-23)38-29(42)46-30(2,3)4/h6-7H,5,9-11H2,1-4H3,(H2,34,41)(H,38,42)(H,35,36,37). The van der Waals surface area contributed by atoms with Gasteiger partial charge < -0.3 is 20.5 Å². The first-order valence-corrected chi connectivity index (χ1v) is 18.2. The molecule has 19 heteroatoms. The average molecular weight is 745 g/mol. The van der Waals surface area contributed by atoms with Gasteiger partial charge in [-0.15, -0.1) is 21.5 Å². The Hall–Kier alpha value is -4.54. The molecule has 2 aromatic carbocycles. The lowest BCUT2D eigenvalue weighted by molar-refractivity contribution is 0.0636. The van der Waals surface area contributed by atoms with Gasteiger partial charge in [-0.3, -0.25) is 10.1 Å². The molecule has 0 fully saturated rings. The summed E-state index contributed by atoms with van der Waals surface area (Å²) < 4.78 is 52.9. The zero-order chi connectivity index (χ0) is 35.4. The van der Waals surface area contributed by atoms with Crippen molar-refractivity contribution >= 4 is 87.9 Å². The van der Waals surface area contributed by atoms with Crippen molar-refractivity contribution in [3.05, 3.63) is 49.7 Å². The molecule has 1 aliphatic heterocycles. The van der Waals surface area contributed by atoms with Gasteiger partial charge in [-0.1, -0.05) is 35.9 Å². The number of hydrogen-bond acceptors (Lipinski definition) is 14. The largest absolute Gasteiger partial charge is 0.444 e. The third-order valence-electron chi connectivity index (χ3n) is 7.31. The summed E-state index contributed by atoms with van der Waals surface area (Å²) in [6.07, 6.45) is -0.823. The number of ether oxygens (including phenoxy) is 2. The van der Waals surface area contributed by atoms with E-state index in [9.17, 15) is 23.3 Å². The summed E-state index contributed by atoms with van der Waals surface area (Å²) in [6, 6.07) is 4.76. The van der Waals surface area contributed by atoms with Gasteiger partial charge in [0.25, 0.3) is 5.91 Å². The maximum Gasteiger partial charge on any atom is 0.412 e. The van der Waals surface area contributed by atoms with Crippen LogP contribution in [0.15, 0.2) is 17.3 Å². The number of nitrogens with one attached hydrogen (secondary N) is 2. The molecule has 0 atom stereocenters. The summed E-state index contributed by atoms with van der Waals surface area (Å²) in [4.78, 5) is 33.0. The van der Waals surface area contributed by atoms with Crippen molar-refractivity contribution in [2.45, 2.75) is 58.2 Å². The summed E-state index contributed by atoms with van der Waals surface area (Å²) in [5.41, 5.74) is 6.41. The number of sulfone groups is 1. The van der Waals surface area contributed by atoms with Gasteiger partial charge in [-0.05, 0) is 43.5 Å². The van der Waals surface area contributed by atoms with Gasteiger partial charge in [0.05, 0.1) is 51.7 Å². The van der Waals surface area contributed by atoms with Crippen molar-refractivity contribution in [1.82, 2.24) is 20.2 Å². The van der Waals surface area contributed by atoms with Crippen LogP contribution in [0.2, 0.25) is 5.02 Å². The molecule has 4 N–H and O–H groups in total. The number of anilines is 2. The minimum Gasteiger partial charge on any atom is -0.444 e. The number of nitrogens with zero attached hydrogens (tertiary/aromatic N) is 5. The van der Waals surface area contributed by atoms with Crippen LogP contribution in [-0.4, -0.2) is 51.9 Å². The third-order valence-corrected chi connectivity index (χ3v) is 11.2. The Morgan fingerprint density at radius 2 is 1.90 bits per heavy atom. The lowest BCUT2D eigenvalue weighted by Gasteiger charge is -2.19. The van der Waals surface area contributed by atoms with E-state index in [0.29, 0.717) is 32.6 Å². The van der Waals surface area contributed by atoms with Crippen LogP contribution in [0.5, 0.6) is 0 Å². The van der Waals surface area contributed by atoms with Gasteiger partial charge in [0, 0.05) is 10.9 Å². The number of rotatable bonds is 8. The first-order valence-electron chi connectivity index (χ1n) is 14.5. The van der Waals surface area contributed by atoms with E-state index < -0.39 is 38.4 Å². The summed E-state index contributed by atoms with van der Waals surface area (Å²) >= 11 is 8.97. The highest BCUT2D eigenvalue weighted by atomic mass is 35.5. The lowest BCUT2D eigenvalue weighted by atomic mass is 9.91. The predicted molar refractivity (Wildman–Crippen MR) is 182 cm³/mol. The fourth-order valence-corrected chi connectivity index (χ4v) is 8.01. The number of hydrogen-bond donors (Lipinski definition) is 3. The summed E-state index contributed by atoms with van der Waals surface area (Å²) in [7, 11) is -3.96. The smallest absolute Gasteiger partial charge is 0.412 e. The number of thiophene rings is 1. The molecule has 2 amide bonds. The maximum absolute atomic E-state index is 15.4. The quantitative estimate of drug-likeness (QED) is 0.158. The Kier molecular flexibility index (Phi) is 8.92. The van der Waals surface area contributed by atoms with Crippen molar-refractivity contribution in [1.29, 1.82) is 5.26 Å². The van der Waals surface area contributed by atoms with E-state index in [4.69, 9.17) is 26.8 Å². The van der Waals surface area contributed by atoms with E-state index in [1.165, 1.54) is 19.1 Å². The normalized spacial score (nSPS) is 13.0. The highest BCUT2D eigenvalue weighted by Gasteiger charge is 2.32. The number of carbonyl (C=O) groups is 2. The molecule has 14 nitrogen and oxygen atoms in total. The molecule has 3 aromatic heterocycles. The molecular weight excluding hydrogens is 719 g/mol. The van der Waals surface area contributed by atoms with Gasteiger partial charge in [0.1, 0.15) is 33.3 Å². The van der Waals surface area contributed by atoms with Crippen molar-refractivity contribution < 1.29 is 31.9 Å². The van der Waals surface area contributed by atoms with Crippen LogP contribution in [0.4, 0.5) is 20.0 Å². The van der Waals surface area contributed by atoms with Crippen LogP contribution >= 0.6 is 34.3 Å². The zero-order valence-electron chi connectivity index (χ0n) is 26.2. The molecule has 254 valence electrons. The second-order valence-electron chi connectivity index (χ2n) is 11.7. The second-order valence-corrected chi connectivity index (χ2v) is 16.3. The molecule has 49 heavy (non-hydrogen) atoms. The minimum absolute atomic E-state index is 0.000747. The fraction of sp³-hybridized carbons (Fsp3) is 0.300. The highest BCUT2D eigenvalue weighted by Crippen LogP contribution is 2.49. The number of nitrogens with two attached hydrogens (primary N) is 1. The number of aromatic nitrogens is 4. The number of halogens is 2. The topological polar surface area (TPSA) is 212 Å². The van der Waals surface area contributed by atoms with E-state index in [1.807, 2.05) is 0 Å². The molecule has 0 saturated heterocycles. The van der Waals surface area contributed by atoms with Crippen molar-refractivity contribution in [2.24, 2.45) is 5.73 Å². The van der Waals surface area contributed by atoms with Crippen LogP contribution in [0.25, 0.3) is 32.1 Å². The molecule has 0 saturated carbocycles. The Balaban J connectivity index is 1.59. The van der Waals surface area contributed by atoms with E-state index in [2.05, 4.69) is 36.9 Å². The molecule has 4 heterocycles. The Morgan fingerprint density at radius 1 is 1.16 bits per heavy atom. The van der Waals surface area contributed by atoms with Crippen molar-refractivity contribution in [3.63, 3.8) is 0 Å². The molecular formula is C30H26ClFN8O6S3. The number of nitriles is 1. The number of fused-ring (bicyclic) bond motifs is 4. The van der Waals surface area contributed by atoms with E-state index in [1.54, 1.807) is 20.8 Å². The van der Waals surface area contributed by atoms with Crippen LogP contribution < -0.4 is 16.4 Å². The first-order chi connectivity index (χ1) is 23.1.